The summed E-state index contributed by atoms with van der Waals surface area (Å²) in [5.41, 5.74) is 0. The van der Waals surface area contributed by atoms with E-state index in [0.717, 1.165) is 43.9 Å². The Labute approximate surface area is 154 Å². The SMILES string of the molecule is O=C1NCCCN1C1CC[N+]([O-])(CCC2COc3ccccc3O2)CC1. The molecule has 3 aliphatic rings. The van der Waals surface area contributed by atoms with Crippen LogP contribution in [0.3, 0.4) is 0 Å². The summed E-state index contributed by atoms with van der Waals surface area (Å²) in [6.07, 6.45) is 3.16. The average molecular weight is 361 g/mol. The molecule has 0 spiro atoms. The van der Waals surface area contributed by atoms with Gasteiger partial charge < -0.3 is 29.5 Å². The van der Waals surface area contributed by atoms with E-state index in [9.17, 15) is 10.0 Å². The number of hydroxylamine groups is 3. The fourth-order valence-electron chi connectivity index (χ4n) is 4.14. The molecule has 3 aliphatic heterocycles. The summed E-state index contributed by atoms with van der Waals surface area (Å²) in [4.78, 5) is 13.9. The molecular formula is C19H27N3O4. The Bertz CT molecular complexity index is 645. The summed E-state index contributed by atoms with van der Waals surface area (Å²) in [6.45, 7) is 3.73. The molecule has 7 heteroatoms. The molecule has 2 fully saturated rings. The summed E-state index contributed by atoms with van der Waals surface area (Å²) in [7, 11) is 0. The smallest absolute Gasteiger partial charge is 0.317 e. The van der Waals surface area contributed by atoms with E-state index in [-0.39, 0.29) is 22.8 Å². The minimum absolute atomic E-state index is 0.0265. The predicted molar refractivity (Wildman–Crippen MR) is 96.9 cm³/mol. The number of hydrogen-bond acceptors (Lipinski definition) is 4. The summed E-state index contributed by atoms with van der Waals surface area (Å²) in [6, 6.07) is 7.88. The summed E-state index contributed by atoms with van der Waals surface area (Å²) in [5.74, 6) is 1.53. The maximum atomic E-state index is 13.0. The highest BCUT2D eigenvalue weighted by Gasteiger charge is 2.34. The monoisotopic (exact) mass is 361 g/mol. The molecule has 142 valence electrons. The van der Waals surface area contributed by atoms with Gasteiger partial charge in [-0.25, -0.2) is 4.79 Å². The molecule has 1 N–H and O–H groups in total. The first-order valence-electron chi connectivity index (χ1n) is 9.63. The van der Waals surface area contributed by atoms with E-state index >= 15 is 0 Å². The third-order valence-corrected chi connectivity index (χ3v) is 5.72. The number of likely N-dealkylation sites (tertiary alicyclic amines) is 1. The number of benzene rings is 1. The second kappa shape index (κ2) is 7.32. The number of nitrogens with zero attached hydrogens (tertiary/aromatic N) is 2. The Balaban J connectivity index is 1.26. The highest BCUT2D eigenvalue weighted by molar-refractivity contribution is 5.75. The van der Waals surface area contributed by atoms with Crippen molar-refractivity contribution in [3.63, 3.8) is 0 Å². The maximum absolute atomic E-state index is 13.0. The predicted octanol–water partition coefficient (Wildman–Crippen LogP) is 2.11. The van der Waals surface area contributed by atoms with Gasteiger partial charge in [0.25, 0.3) is 0 Å². The first kappa shape index (κ1) is 17.4. The van der Waals surface area contributed by atoms with Crippen LogP contribution in [0.4, 0.5) is 4.79 Å². The van der Waals surface area contributed by atoms with Crippen molar-refractivity contribution in [2.75, 3.05) is 39.3 Å². The van der Waals surface area contributed by atoms with Crippen molar-refractivity contribution in [3.05, 3.63) is 29.5 Å². The van der Waals surface area contributed by atoms with Crippen molar-refractivity contribution >= 4 is 6.03 Å². The maximum Gasteiger partial charge on any atom is 0.317 e. The Hall–Kier alpha value is -1.99. The van der Waals surface area contributed by atoms with Crippen LogP contribution in [-0.2, 0) is 0 Å². The van der Waals surface area contributed by atoms with Gasteiger partial charge in [-0.1, -0.05) is 12.1 Å². The van der Waals surface area contributed by atoms with Crippen LogP contribution in [0.15, 0.2) is 24.3 Å². The van der Waals surface area contributed by atoms with E-state index in [0.29, 0.717) is 32.7 Å². The lowest BCUT2D eigenvalue weighted by molar-refractivity contribution is -0.886. The van der Waals surface area contributed by atoms with Crippen LogP contribution < -0.4 is 14.8 Å². The van der Waals surface area contributed by atoms with Crippen molar-refractivity contribution in [1.29, 1.82) is 0 Å². The minimum Gasteiger partial charge on any atom is -0.633 e. The van der Waals surface area contributed by atoms with Gasteiger partial charge in [-0.2, -0.15) is 0 Å². The minimum atomic E-state index is -0.187. The van der Waals surface area contributed by atoms with E-state index in [4.69, 9.17) is 9.47 Å². The van der Waals surface area contributed by atoms with E-state index in [1.54, 1.807) is 0 Å². The largest absolute Gasteiger partial charge is 0.633 e. The van der Waals surface area contributed by atoms with Crippen LogP contribution in [0.2, 0.25) is 0 Å². The van der Waals surface area contributed by atoms with E-state index in [1.807, 2.05) is 29.2 Å². The van der Waals surface area contributed by atoms with Gasteiger partial charge in [0.15, 0.2) is 11.5 Å². The molecule has 0 bridgehead atoms. The fraction of sp³-hybridized carbons (Fsp3) is 0.632. The highest BCUT2D eigenvalue weighted by atomic mass is 16.6. The average Bonchev–Trinajstić information content (AvgIpc) is 2.68. The van der Waals surface area contributed by atoms with Crippen molar-refractivity contribution in [3.8, 4) is 11.5 Å². The number of rotatable bonds is 4. The third-order valence-electron chi connectivity index (χ3n) is 5.72. The van der Waals surface area contributed by atoms with Gasteiger partial charge in [-0.15, -0.1) is 0 Å². The summed E-state index contributed by atoms with van der Waals surface area (Å²) in [5, 5.41) is 15.9. The molecule has 0 saturated carbocycles. The zero-order valence-corrected chi connectivity index (χ0v) is 15.1. The van der Waals surface area contributed by atoms with Gasteiger partial charge in [0.1, 0.15) is 12.7 Å². The number of carbonyl (C=O) groups is 1. The van der Waals surface area contributed by atoms with Gasteiger partial charge in [0, 0.05) is 38.4 Å². The molecule has 1 aromatic carbocycles. The number of para-hydroxylation sites is 2. The molecule has 4 rings (SSSR count). The van der Waals surface area contributed by atoms with Crippen LogP contribution in [0.1, 0.15) is 25.7 Å². The highest BCUT2D eigenvalue weighted by Crippen LogP contribution is 2.32. The first-order valence-corrected chi connectivity index (χ1v) is 9.63. The molecule has 0 aromatic heterocycles. The molecule has 1 unspecified atom stereocenters. The summed E-state index contributed by atoms with van der Waals surface area (Å²) >= 11 is 0. The van der Waals surface area contributed by atoms with Gasteiger partial charge >= 0.3 is 6.03 Å². The van der Waals surface area contributed by atoms with Gasteiger partial charge in [-0.3, -0.25) is 0 Å². The van der Waals surface area contributed by atoms with Crippen molar-refractivity contribution < 1.29 is 18.9 Å². The number of ether oxygens (including phenoxy) is 2. The Kier molecular flexibility index (Phi) is 4.91. The number of piperidine rings is 1. The zero-order chi connectivity index (χ0) is 18.0. The first-order chi connectivity index (χ1) is 12.6. The molecule has 0 aliphatic carbocycles. The fourth-order valence-corrected chi connectivity index (χ4v) is 4.14. The second-order valence-electron chi connectivity index (χ2n) is 7.53. The number of urea groups is 1. The van der Waals surface area contributed by atoms with E-state index < -0.39 is 0 Å². The molecule has 2 amide bonds. The van der Waals surface area contributed by atoms with Crippen molar-refractivity contribution in [2.24, 2.45) is 0 Å². The molecular weight excluding hydrogens is 334 g/mol. The number of amides is 2. The lowest BCUT2D eigenvalue weighted by atomic mass is 10.0. The van der Waals surface area contributed by atoms with Crippen LogP contribution in [0.25, 0.3) is 0 Å². The summed E-state index contributed by atoms with van der Waals surface area (Å²) < 4.78 is 11.5. The number of hydrogen-bond donors (Lipinski definition) is 1. The second-order valence-corrected chi connectivity index (χ2v) is 7.53. The Morgan fingerprint density at radius 1 is 1.23 bits per heavy atom. The van der Waals surface area contributed by atoms with Crippen molar-refractivity contribution in [2.45, 2.75) is 37.8 Å². The Morgan fingerprint density at radius 2 is 2.00 bits per heavy atom. The van der Waals surface area contributed by atoms with Crippen LogP contribution in [0.5, 0.6) is 11.5 Å². The van der Waals surface area contributed by atoms with Gasteiger partial charge in [-0.05, 0) is 18.6 Å². The van der Waals surface area contributed by atoms with E-state index in [2.05, 4.69) is 5.32 Å². The number of nitrogens with one attached hydrogen (secondary N) is 1. The number of carbonyl (C=O) groups excluding carboxylic acids is 1. The van der Waals surface area contributed by atoms with Crippen LogP contribution >= 0.6 is 0 Å². The molecule has 2 saturated heterocycles. The molecule has 26 heavy (non-hydrogen) atoms. The normalized spacial score (nSPS) is 31.4. The quantitative estimate of drug-likeness (QED) is 0.658. The lowest BCUT2D eigenvalue weighted by Crippen LogP contribution is -2.58. The molecule has 1 atom stereocenters. The molecule has 7 nitrogen and oxygen atoms in total. The number of fused-ring (bicyclic) bond motifs is 1. The van der Waals surface area contributed by atoms with Gasteiger partial charge in [0.05, 0.1) is 19.6 Å². The zero-order valence-electron chi connectivity index (χ0n) is 15.1. The lowest BCUT2D eigenvalue weighted by Gasteiger charge is -2.50. The Morgan fingerprint density at radius 3 is 2.77 bits per heavy atom. The molecule has 0 radical (unpaired) electrons. The van der Waals surface area contributed by atoms with E-state index in [1.165, 1.54) is 0 Å². The van der Waals surface area contributed by atoms with Crippen molar-refractivity contribution in [1.82, 2.24) is 10.2 Å². The van der Waals surface area contributed by atoms with Crippen LogP contribution in [0, 0.1) is 5.21 Å². The van der Waals surface area contributed by atoms with Gasteiger partial charge in [0.2, 0.25) is 0 Å². The third kappa shape index (κ3) is 3.73. The topological polar surface area (TPSA) is 73.9 Å². The van der Waals surface area contributed by atoms with Crippen LogP contribution in [-0.4, -0.2) is 67.1 Å². The molecule has 3 heterocycles. The number of quaternary nitrogens is 1. The molecule has 1 aromatic rings. The standard InChI is InChI=1S/C19H27N3O4/c23-19-20-9-3-10-21(19)15-6-11-22(24,12-7-15)13-8-16-14-25-17-4-1-2-5-18(17)26-16/h1-2,4-5,15-16H,3,6-14H2,(H,20,23).